The molecule has 2 aromatic carbocycles. The lowest BCUT2D eigenvalue weighted by atomic mass is 10.00. The van der Waals surface area contributed by atoms with E-state index in [4.69, 9.17) is 9.47 Å². The molecule has 1 aliphatic heterocycles. The predicted octanol–water partition coefficient (Wildman–Crippen LogP) is 4.61. The number of ether oxygens (including phenoxy) is 2. The standard InChI is InChI=1S/C25H26N4O4S/c1-28(25(31)26-18-10-5-7-12-22(18)33-3)16-24(30)29-20(17-9-4-6-11-21(17)32-2)15-19(27-29)23-13-8-14-34-23/h4-14,20H,15-16H2,1-3H3,(H,26,31). The van der Waals surface area contributed by atoms with Gasteiger partial charge in [0.05, 0.1) is 36.5 Å². The van der Waals surface area contributed by atoms with Crippen molar-refractivity contribution in [1.82, 2.24) is 9.91 Å². The van der Waals surface area contributed by atoms with Crippen molar-refractivity contribution in [3.05, 3.63) is 76.5 Å². The average molecular weight is 479 g/mol. The Morgan fingerprint density at radius 3 is 2.47 bits per heavy atom. The van der Waals surface area contributed by atoms with Crippen molar-refractivity contribution in [1.29, 1.82) is 0 Å². The number of anilines is 1. The van der Waals surface area contributed by atoms with Crippen molar-refractivity contribution in [2.45, 2.75) is 12.5 Å². The summed E-state index contributed by atoms with van der Waals surface area (Å²) in [5.74, 6) is 0.937. The van der Waals surface area contributed by atoms with E-state index in [0.29, 0.717) is 23.6 Å². The number of rotatable bonds is 7. The molecule has 176 valence electrons. The summed E-state index contributed by atoms with van der Waals surface area (Å²) in [4.78, 5) is 28.5. The molecule has 1 unspecified atom stereocenters. The Balaban J connectivity index is 1.54. The van der Waals surface area contributed by atoms with E-state index in [1.807, 2.05) is 47.8 Å². The van der Waals surface area contributed by atoms with Crippen LogP contribution in [0, 0.1) is 0 Å². The maximum absolute atomic E-state index is 13.4. The van der Waals surface area contributed by atoms with E-state index in [2.05, 4.69) is 10.4 Å². The predicted molar refractivity (Wildman–Crippen MR) is 133 cm³/mol. The highest BCUT2D eigenvalue weighted by Gasteiger charge is 2.35. The number of nitrogens with one attached hydrogen (secondary N) is 1. The van der Waals surface area contributed by atoms with Gasteiger partial charge >= 0.3 is 6.03 Å². The summed E-state index contributed by atoms with van der Waals surface area (Å²) in [7, 11) is 4.71. The van der Waals surface area contributed by atoms with Gasteiger partial charge in [0, 0.05) is 19.0 Å². The molecule has 9 heteroatoms. The third-order valence-electron chi connectivity index (χ3n) is 5.54. The summed E-state index contributed by atoms with van der Waals surface area (Å²) in [6.07, 6.45) is 0.559. The zero-order valence-corrected chi connectivity index (χ0v) is 20.0. The van der Waals surface area contributed by atoms with Crippen LogP contribution < -0.4 is 14.8 Å². The number of hydrogen-bond acceptors (Lipinski definition) is 6. The number of methoxy groups -OCH3 is 2. The summed E-state index contributed by atoms with van der Waals surface area (Å²) in [5.41, 5.74) is 2.23. The van der Waals surface area contributed by atoms with Gasteiger partial charge in [0.25, 0.3) is 5.91 Å². The first-order valence-corrected chi connectivity index (χ1v) is 11.6. The molecule has 0 aliphatic carbocycles. The second kappa shape index (κ2) is 10.4. The van der Waals surface area contributed by atoms with Crippen LogP contribution in [0.2, 0.25) is 0 Å². The molecule has 1 N–H and O–H groups in total. The van der Waals surface area contributed by atoms with E-state index in [1.165, 1.54) is 17.0 Å². The van der Waals surface area contributed by atoms with E-state index >= 15 is 0 Å². The number of amides is 3. The Kier molecular flexibility index (Phi) is 7.12. The molecule has 0 spiro atoms. The second-order valence-corrected chi connectivity index (χ2v) is 8.66. The Labute approximate surface area is 202 Å². The number of carbonyl (C=O) groups excluding carboxylic acids is 2. The van der Waals surface area contributed by atoms with Crippen LogP contribution in [0.1, 0.15) is 22.9 Å². The molecule has 34 heavy (non-hydrogen) atoms. The molecule has 0 bridgehead atoms. The number of nitrogens with zero attached hydrogens (tertiary/aromatic N) is 3. The molecule has 3 aromatic rings. The highest BCUT2D eigenvalue weighted by atomic mass is 32.1. The van der Waals surface area contributed by atoms with Gasteiger partial charge in [-0.15, -0.1) is 11.3 Å². The van der Waals surface area contributed by atoms with Gasteiger partial charge in [-0.2, -0.15) is 5.10 Å². The second-order valence-electron chi connectivity index (χ2n) is 7.71. The molecule has 1 aliphatic rings. The molecule has 0 saturated heterocycles. The zero-order valence-electron chi connectivity index (χ0n) is 19.2. The van der Waals surface area contributed by atoms with E-state index in [1.54, 1.807) is 43.7 Å². The Hall–Kier alpha value is -3.85. The number of hydrazone groups is 1. The first-order chi connectivity index (χ1) is 16.5. The van der Waals surface area contributed by atoms with E-state index in [0.717, 1.165) is 16.2 Å². The lowest BCUT2D eigenvalue weighted by molar-refractivity contribution is -0.133. The molecule has 3 amide bonds. The van der Waals surface area contributed by atoms with Crippen molar-refractivity contribution >= 4 is 34.7 Å². The number of thiophene rings is 1. The normalized spacial score (nSPS) is 15.0. The van der Waals surface area contributed by atoms with Crippen molar-refractivity contribution in [2.24, 2.45) is 5.10 Å². The molecule has 0 radical (unpaired) electrons. The highest BCUT2D eigenvalue weighted by Crippen LogP contribution is 2.38. The molecule has 8 nitrogen and oxygen atoms in total. The molecule has 2 heterocycles. The summed E-state index contributed by atoms with van der Waals surface area (Å²) in [6, 6.07) is 17.9. The molecular weight excluding hydrogens is 452 g/mol. The maximum Gasteiger partial charge on any atom is 0.322 e. The first kappa shape index (κ1) is 23.3. The number of urea groups is 1. The largest absolute Gasteiger partial charge is 0.496 e. The van der Waals surface area contributed by atoms with Crippen LogP contribution in [-0.4, -0.2) is 55.4 Å². The van der Waals surface area contributed by atoms with Gasteiger partial charge in [0.15, 0.2) is 0 Å². The lowest BCUT2D eigenvalue weighted by Gasteiger charge is -2.26. The smallest absolute Gasteiger partial charge is 0.322 e. The van der Waals surface area contributed by atoms with Crippen LogP contribution in [-0.2, 0) is 4.79 Å². The van der Waals surface area contributed by atoms with Crippen molar-refractivity contribution in [3.63, 3.8) is 0 Å². The molecule has 0 saturated carbocycles. The molecular formula is C25H26N4O4S. The topological polar surface area (TPSA) is 83.5 Å². The number of likely N-dealkylation sites (N-methyl/N-ethyl adjacent to an activating group) is 1. The van der Waals surface area contributed by atoms with Gasteiger partial charge in [-0.3, -0.25) is 4.79 Å². The fourth-order valence-corrected chi connectivity index (χ4v) is 4.54. The Bertz CT molecular complexity index is 1200. The monoisotopic (exact) mass is 478 g/mol. The first-order valence-electron chi connectivity index (χ1n) is 10.7. The SMILES string of the molecule is COc1ccccc1NC(=O)N(C)CC(=O)N1N=C(c2cccs2)CC1c1ccccc1OC. The minimum atomic E-state index is -0.423. The van der Waals surface area contributed by atoms with Crippen LogP contribution in [0.5, 0.6) is 11.5 Å². The minimum Gasteiger partial charge on any atom is -0.496 e. The molecule has 1 aromatic heterocycles. The Morgan fingerprint density at radius 1 is 1.06 bits per heavy atom. The van der Waals surface area contributed by atoms with Gasteiger partial charge in [-0.1, -0.05) is 36.4 Å². The average Bonchev–Trinajstić information content (AvgIpc) is 3.54. The fourth-order valence-electron chi connectivity index (χ4n) is 3.82. The van der Waals surface area contributed by atoms with E-state index in [9.17, 15) is 9.59 Å². The summed E-state index contributed by atoms with van der Waals surface area (Å²) >= 11 is 1.58. The molecule has 1 atom stereocenters. The Morgan fingerprint density at radius 2 is 1.76 bits per heavy atom. The van der Waals surface area contributed by atoms with Crippen LogP contribution >= 0.6 is 11.3 Å². The molecule has 4 rings (SSSR count). The van der Waals surface area contributed by atoms with E-state index < -0.39 is 6.03 Å². The van der Waals surface area contributed by atoms with Crippen molar-refractivity contribution < 1.29 is 19.1 Å². The summed E-state index contributed by atoms with van der Waals surface area (Å²) in [6.45, 7) is -0.145. The van der Waals surface area contributed by atoms with Crippen LogP contribution in [0.3, 0.4) is 0 Å². The van der Waals surface area contributed by atoms with Gasteiger partial charge in [-0.25, -0.2) is 9.80 Å². The van der Waals surface area contributed by atoms with Gasteiger partial charge < -0.3 is 19.7 Å². The lowest BCUT2D eigenvalue weighted by Crippen LogP contribution is -2.41. The van der Waals surface area contributed by atoms with Gasteiger partial charge in [-0.05, 0) is 29.6 Å². The van der Waals surface area contributed by atoms with Crippen molar-refractivity contribution in [3.8, 4) is 11.5 Å². The third kappa shape index (κ3) is 4.89. The van der Waals surface area contributed by atoms with Gasteiger partial charge in [0.1, 0.15) is 18.0 Å². The summed E-state index contributed by atoms with van der Waals surface area (Å²) < 4.78 is 10.8. The van der Waals surface area contributed by atoms with Crippen LogP contribution in [0.25, 0.3) is 0 Å². The number of para-hydroxylation sites is 3. The van der Waals surface area contributed by atoms with E-state index in [-0.39, 0.29) is 18.5 Å². The quantitative estimate of drug-likeness (QED) is 0.538. The molecule has 0 fully saturated rings. The van der Waals surface area contributed by atoms with Gasteiger partial charge in [0.2, 0.25) is 0 Å². The minimum absolute atomic E-state index is 0.145. The fraction of sp³-hybridized carbons (Fsp3) is 0.240. The third-order valence-corrected chi connectivity index (χ3v) is 6.46. The number of benzene rings is 2. The number of carbonyl (C=O) groups is 2. The van der Waals surface area contributed by atoms with Crippen LogP contribution in [0.15, 0.2) is 71.1 Å². The highest BCUT2D eigenvalue weighted by molar-refractivity contribution is 7.12. The number of hydrogen-bond donors (Lipinski definition) is 1. The maximum atomic E-state index is 13.4. The zero-order chi connectivity index (χ0) is 24.1. The summed E-state index contributed by atoms with van der Waals surface area (Å²) in [5, 5.41) is 10.9. The van der Waals surface area contributed by atoms with Crippen LogP contribution in [0.4, 0.5) is 10.5 Å². The van der Waals surface area contributed by atoms with Crippen molar-refractivity contribution in [2.75, 3.05) is 33.1 Å².